The number of amides is 1. The van der Waals surface area contributed by atoms with Crippen LogP contribution in [0.15, 0.2) is 5.16 Å². The van der Waals surface area contributed by atoms with Gasteiger partial charge in [0.15, 0.2) is 0 Å². The zero-order chi connectivity index (χ0) is 13.6. The topological polar surface area (TPSA) is 61.7 Å². The molecular weight excluding hydrogens is 268 g/mol. The molecule has 1 atom stereocenters. The Morgan fingerprint density at radius 1 is 1.56 bits per heavy atom. The summed E-state index contributed by atoms with van der Waals surface area (Å²) in [5, 5.41) is 16.6. The molecule has 2 N–H and O–H groups in total. The molecule has 0 bridgehead atoms. The van der Waals surface area contributed by atoms with E-state index in [1.807, 2.05) is 0 Å². The quantitative estimate of drug-likeness (QED) is 0.197. The van der Waals surface area contributed by atoms with Gasteiger partial charge >= 0.3 is 0 Å². The molecule has 6 heteroatoms. The van der Waals surface area contributed by atoms with Crippen LogP contribution < -0.4 is 5.32 Å². The van der Waals surface area contributed by atoms with E-state index in [2.05, 4.69) is 24.3 Å². The predicted octanol–water partition coefficient (Wildman–Crippen LogP) is 2.77. The molecule has 1 saturated carbocycles. The van der Waals surface area contributed by atoms with Crippen LogP contribution in [0.3, 0.4) is 0 Å². The zero-order valence-corrected chi connectivity index (χ0v) is 12.9. The number of carbonyl (C=O) groups excluding carboxylic acids is 1. The highest BCUT2D eigenvalue weighted by Crippen LogP contribution is 2.48. The highest BCUT2D eigenvalue weighted by molar-refractivity contribution is 8.24. The van der Waals surface area contributed by atoms with Crippen molar-refractivity contribution in [3.05, 3.63) is 0 Å². The lowest BCUT2D eigenvalue weighted by atomic mass is 9.62. The van der Waals surface area contributed by atoms with Crippen molar-refractivity contribution < 1.29 is 10.0 Å². The van der Waals surface area contributed by atoms with Crippen LogP contribution in [-0.2, 0) is 4.79 Å². The van der Waals surface area contributed by atoms with Crippen LogP contribution in [0.5, 0.6) is 0 Å². The van der Waals surface area contributed by atoms with E-state index in [-0.39, 0.29) is 17.2 Å². The van der Waals surface area contributed by atoms with Crippen LogP contribution in [0.4, 0.5) is 0 Å². The summed E-state index contributed by atoms with van der Waals surface area (Å²) in [6.45, 7) is 4.19. The minimum atomic E-state index is -0.316. The third-order valence-corrected chi connectivity index (χ3v) is 5.70. The van der Waals surface area contributed by atoms with E-state index >= 15 is 0 Å². The van der Waals surface area contributed by atoms with Crippen molar-refractivity contribution in [3.63, 3.8) is 0 Å². The molecule has 1 amide bonds. The summed E-state index contributed by atoms with van der Waals surface area (Å²) >= 11 is 3.24. The van der Waals surface area contributed by atoms with Gasteiger partial charge in [0.2, 0.25) is 5.91 Å². The van der Waals surface area contributed by atoms with Gasteiger partial charge in [-0.25, -0.2) is 0 Å². The van der Waals surface area contributed by atoms with Gasteiger partial charge in [-0.1, -0.05) is 37.2 Å². The maximum absolute atomic E-state index is 12.1. The second kappa shape index (κ2) is 7.28. The first-order chi connectivity index (χ1) is 8.59. The summed E-state index contributed by atoms with van der Waals surface area (Å²) in [7, 11) is 1.64. The van der Waals surface area contributed by atoms with Gasteiger partial charge in [0.05, 0.1) is 5.92 Å². The third kappa shape index (κ3) is 3.57. The molecule has 1 fully saturated rings. The maximum Gasteiger partial charge on any atom is 0.230 e. The number of nitrogens with one attached hydrogen (secondary N) is 1. The Labute approximate surface area is 117 Å². The molecule has 104 valence electrons. The SMILES string of the molecule is CCSCSC(=NO)C(C(=O)NC)C1(C)CCC1. The Hall–Kier alpha value is -0.360. The molecule has 1 unspecified atom stereocenters. The van der Waals surface area contributed by atoms with Gasteiger partial charge in [-0.3, -0.25) is 4.79 Å². The molecule has 1 rings (SSSR count). The molecule has 0 aromatic rings. The van der Waals surface area contributed by atoms with Gasteiger partial charge in [-0.05, 0) is 24.0 Å². The molecule has 0 aromatic carbocycles. The first-order valence-electron chi connectivity index (χ1n) is 6.23. The lowest BCUT2D eigenvalue weighted by Gasteiger charge is -2.43. The fraction of sp³-hybridized carbons (Fsp3) is 0.833. The van der Waals surface area contributed by atoms with Gasteiger partial charge in [0.25, 0.3) is 0 Å². The minimum Gasteiger partial charge on any atom is -0.410 e. The molecule has 0 radical (unpaired) electrons. The van der Waals surface area contributed by atoms with Gasteiger partial charge in [-0.2, -0.15) is 11.8 Å². The molecule has 4 nitrogen and oxygen atoms in total. The maximum atomic E-state index is 12.1. The fourth-order valence-corrected chi connectivity index (χ4v) is 4.35. The highest BCUT2D eigenvalue weighted by atomic mass is 32.2. The molecule has 0 heterocycles. The average molecular weight is 290 g/mol. The molecular formula is C12H22N2O2S2. The first kappa shape index (κ1) is 15.7. The summed E-state index contributed by atoms with van der Waals surface area (Å²) in [5.41, 5.74) is -0.0501. The fourth-order valence-electron chi connectivity index (χ4n) is 2.25. The van der Waals surface area contributed by atoms with Crippen molar-refractivity contribution in [1.29, 1.82) is 0 Å². The normalized spacial score (nSPS) is 20.1. The summed E-state index contributed by atoms with van der Waals surface area (Å²) in [6, 6.07) is 0. The van der Waals surface area contributed by atoms with Crippen molar-refractivity contribution in [1.82, 2.24) is 5.32 Å². The van der Waals surface area contributed by atoms with E-state index in [4.69, 9.17) is 0 Å². The van der Waals surface area contributed by atoms with Crippen molar-refractivity contribution in [2.45, 2.75) is 33.1 Å². The number of hydrogen-bond donors (Lipinski definition) is 2. The molecule has 0 aliphatic heterocycles. The first-order valence-corrected chi connectivity index (χ1v) is 8.37. The van der Waals surface area contributed by atoms with E-state index < -0.39 is 0 Å². The van der Waals surface area contributed by atoms with E-state index in [1.165, 1.54) is 11.8 Å². The summed E-state index contributed by atoms with van der Waals surface area (Å²) in [4.78, 5) is 12.1. The number of carbonyl (C=O) groups is 1. The largest absolute Gasteiger partial charge is 0.410 e. The van der Waals surface area contributed by atoms with E-state index in [0.717, 1.165) is 30.1 Å². The molecule has 0 aromatic heterocycles. The number of thioether (sulfide) groups is 2. The van der Waals surface area contributed by atoms with Gasteiger partial charge in [0, 0.05) is 12.1 Å². The van der Waals surface area contributed by atoms with E-state index in [9.17, 15) is 10.0 Å². The standard InChI is InChI=1S/C12H22N2O2S2/c1-4-17-8-18-11(14-16)9(10(15)13-3)12(2)6-5-7-12/h9,16H,4-8H2,1-3H3,(H,13,15). The van der Waals surface area contributed by atoms with Crippen LogP contribution in [-0.4, -0.2) is 34.0 Å². The molecule has 1 aliphatic carbocycles. The van der Waals surface area contributed by atoms with Crippen LogP contribution in [0.1, 0.15) is 33.1 Å². The van der Waals surface area contributed by atoms with Crippen molar-refractivity contribution in [3.8, 4) is 0 Å². The lowest BCUT2D eigenvalue weighted by Crippen LogP contribution is -2.46. The van der Waals surface area contributed by atoms with Crippen LogP contribution >= 0.6 is 23.5 Å². The average Bonchev–Trinajstić information content (AvgIpc) is 2.34. The highest BCUT2D eigenvalue weighted by Gasteiger charge is 2.46. The number of hydrogen-bond acceptors (Lipinski definition) is 5. The summed E-state index contributed by atoms with van der Waals surface area (Å²) in [5.74, 6) is 0.663. The third-order valence-electron chi connectivity index (χ3n) is 3.54. The van der Waals surface area contributed by atoms with Gasteiger partial charge in [0.1, 0.15) is 5.04 Å². The molecule has 1 aliphatic rings. The van der Waals surface area contributed by atoms with Crippen molar-refractivity contribution >= 4 is 34.5 Å². The number of oxime groups is 1. The molecule has 0 spiro atoms. The second-order valence-corrected chi connectivity index (χ2v) is 7.38. The van der Waals surface area contributed by atoms with Crippen molar-refractivity contribution in [2.75, 3.05) is 17.9 Å². The molecule has 18 heavy (non-hydrogen) atoms. The zero-order valence-electron chi connectivity index (χ0n) is 11.2. The Morgan fingerprint density at radius 2 is 2.22 bits per heavy atom. The van der Waals surface area contributed by atoms with E-state index in [0.29, 0.717) is 5.04 Å². The van der Waals surface area contributed by atoms with Crippen LogP contribution in [0.25, 0.3) is 0 Å². The summed E-state index contributed by atoms with van der Waals surface area (Å²) < 4.78 is 0. The molecule has 0 saturated heterocycles. The lowest BCUT2D eigenvalue weighted by molar-refractivity contribution is -0.127. The Balaban J connectivity index is 2.77. The van der Waals surface area contributed by atoms with Crippen LogP contribution in [0, 0.1) is 11.3 Å². The van der Waals surface area contributed by atoms with Crippen LogP contribution in [0.2, 0.25) is 0 Å². The Kier molecular flexibility index (Phi) is 6.35. The van der Waals surface area contributed by atoms with Crippen molar-refractivity contribution in [2.24, 2.45) is 16.5 Å². The Bertz CT molecular complexity index is 317. The smallest absolute Gasteiger partial charge is 0.230 e. The Morgan fingerprint density at radius 3 is 2.61 bits per heavy atom. The minimum absolute atomic E-state index is 0.0426. The second-order valence-electron chi connectivity index (χ2n) is 4.75. The van der Waals surface area contributed by atoms with E-state index in [1.54, 1.807) is 18.8 Å². The number of rotatable bonds is 6. The van der Waals surface area contributed by atoms with Gasteiger partial charge < -0.3 is 10.5 Å². The predicted molar refractivity (Wildman–Crippen MR) is 79.3 cm³/mol. The van der Waals surface area contributed by atoms with Gasteiger partial charge in [-0.15, -0.1) is 0 Å². The number of nitrogens with zero attached hydrogens (tertiary/aromatic N) is 1. The summed E-state index contributed by atoms with van der Waals surface area (Å²) in [6.07, 6.45) is 3.19. The monoisotopic (exact) mass is 290 g/mol.